The van der Waals surface area contributed by atoms with Gasteiger partial charge in [-0.25, -0.2) is 0 Å². The second-order valence-electron chi connectivity index (χ2n) is 5.56. The third-order valence-corrected chi connectivity index (χ3v) is 5.89. The highest BCUT2D eigenvalue weighted by Gasteiger charge is 2.16. The molecule has 0 saturated heterocycles. The van der Waals surface area contributed by atoms with Gasteiger partial charge in [-0.05, 0) is 35.9 Å². The highest BCUT2D eigenvalue weighted by molar-refractivity contribution is 6.44. The van der Waals surface area contributed by atoms with Crippen LogP contribution in [0.15, 0.2) is 36.5 Å². The Bertz CT molecular complexity index is 1090. The molecule has 1 heterocycles. The second-order valence-corrected chi connectivity index (χ2v) is 8.00. The van der Waals surface area contributed by atoms with Crippen LogP contribution in [0.2, 0.25) is 30.1 Å². The van der Waals surface area contributed by atoms with Crippen LogP contribution in [0.25, 0.3) is 22.4 Å². The van der Waals surface area contributed by atoms with Crippen molar-refractivity contribution in [2.24, 2.45) is 0 Å². The molecule has 136 valence electrons. The van der Waals surface area contributed by atoms with Crippen molar-refractivity contribution < 1.29 is 0 Å². The molecule has 8 heteroatoms. The van der Waals surface area contributed by atoms with Gasteiger partial charge in [0.1, 0.15) is 0 Å². The molecule has 2 aromatic carbocycles. The van der Waals surface area contributed by atoms with Crippen LogP contribution < -0.4 is 0 Å². The topological polar surface area (TPSA) is 36.7 Å². The van der Waals surface area contributed by atoms with Crippen LogP contribution in [0.5, 0.6) is 0 Å². The summed E-state index contributed by atoms with van der Waals surface area (Å²) in [6.45, 7) is 0. The first kappa shape index (κ1) is 20.6. The maximum absolute atomic E-state index is 9.23. The van der Waals surface area contributed by atoms with Crippen molar-refractivity contribution in [1.29, 1.82) is 5.26 Å². The highest BCUT2D eigenvalue weighted by Crippen LogP contribution is 2.39. The van der Waals surface area contributed by atoms with Crippen LogP contribution in [-0.4, -0.2) is 4.98 Å². The lowest BCUT2D eigenvalue weighted by Crippen LogP contribution is -1.96. The Morgan fingerprint density at radius 1 is 0.704 bits per heavy atom. The van der Waals surface area contributed by atoms with Gasteiger partial charge in [0.15, 0.2) is 0 Å². The van der Waals surface area contributed by atoms with E-state index in [-0.39, 0.29) is 6.42 Å². The van der Waals surface area contributed by atoms with Gasteiger partial charge in [-0.15, -0.1) is 0 Å². The summed E-state index contributed by atoms with van der Waals surface area (Å²) in [5.41, 5.74) is 3.15. The van der Waals surface area contributed by atoms with E-state index in [1.807, 2.05) is 6.07 Å². The average Bonchev–Trinajstić information content (AvgIpc) is 2.62. The van der Waals surface area contributed by atoms with Gasteiger partial charge < -0.3 is 0 Å². The van der Waals surface area contributed by atoms with E-state index in [2.05, 4.69) is 11.1 Å². The third kappa shape index (κ3) is 4.30. The van der Waals surface area contributed by atoms with E-state index in [0.29, 0.717) is 58.1 Å². The summed E-state index contributed by atoms with van der Waals surface area (Å²) in [4.78, 5) is 4.50. The Morgan fingerprint density at radius 2 is 1.22 bits per heavy atom. The maximum Gasteiger partial charge on any atom is 0.0760 e. The number of hydrogen-bond acceptors (Lipinski definition) is 2. The van der Waals surface area contributed by atoms with E-state index >= 15 is 0 Å². The number of nitriles is 1. The van der Waals surface area contributed by atoms with E-state index in [4.69, 9.17) is 69.6 Å². The Labute approximate surface area is 186 Å². The number of rotatable bonds is 3. The van der Waals surface area contributed by atoms with Gasteiger partial charge in [0, 0.05) is 22.9 Å². The zero-order chi connectivity index (χ0) is 19.7. The standard InChI is InChI=1S/C19H8Cl6N2/c20-13-6-17(24)15(22)4-11(13)10-3-9(1-2-26)19(27-8-10)12-5-16(23)18(25)7-14(12)21/h3-8H,1H2. The van der Waals surface area contributed by atoms with Gasteiger partial charge in [-0.1, -0.05) is 69.6 Å². The van der Waals surface area contributed by atoms with Crippen molar-refractivity contribution in [3.05, 3.63) is 72.2 Å². The lowest BCUT2D eigenvalue weighted by Gasteiger charge is -2.13. The molecule has 0 amide bonds. The predicted octanol–water partition coefficient (Wildman–Crippen LogP) is 8.40. The number of pyridine rings is 1. The minimum Gasteiger partial charge on any atom is -0.255 e. The molecule has 0 fully saturated rings. The molecule has 0 N–H and O–H groups in total. The minimum atomic E-state index is 0.117. The molecular formula is C19H8Cl6N2. The van der Waals surface area contributed by atoms with E-state index in [0.717, 1.165) is 0 Å². The Morgan fingerprint density at radius 3 is 1.81 bits per heavy atom. The maximum atomic E-state index is 9.23. The van der Waals surface area contributed by atoms with E-state index in [9.17, 15) is 5.26 Å². The van der Waals surface area contributed by atoms with Gasteiger partial charge in [0.25, 0.3) is 0 Å². The summed E-state index contributed by atoms with van der Waals surface area (Å²) in [6.07, 6.45) is 1.74. The molecule has 3 rings (SSSR count). The van der Waals surface area contributed by atoms with Crippen LogP contribution >= 0.6 is 69.6 Å². The van der Waals surface area contributed by atoms with Gasteiger partial charge in [0.05, 0.1) is 48.3 Å². The summed E-state index contributed by atoms with van der Waals surface area (Å²) in [5.74, 6) is 0. The SMILES string of the molecule is N#CCc1cc(-c2cc(Cl)c(Cl)cc2Cl)cnc1-c1cc(Cl)c(Cl)cc1Cl. The molecule has 2 nitrogen and oxygen atoms in total. The van der Waals surface area contributed by atoms with Gasteiger partial charge in [-0.3, -0.25) is 4.98 Å². The Kier molecular flexibility index (Phi) is 6.43. The molecule has 0 atom stereocenters. The van der Waals surface area contributed by atoms with Crippen LogP contribution in [0.3, 0.4) is 0 Å². The number of nitrogens with zero attached hydrogens (tertiary/aromatic N) is 2. The normalized spacial score (nSPS) is 10.7. The van der Waals surface area contributed by atoms with Crippen LogP contribution in [0.4, 0.5) is 0 Å². The molecular weight excluding hydrogens is 469 g/mol. The molecule has 0 aliphatic carbocycles. The summed E-state index contributed by atoms with van der Waals surface area (Å²) in [6, 6.07) is 10.3. The summed E-state index contributed by atoms with van der Waals surface area (Å²) >= 11 is 36.8. The Balaban J connectivity index is 2.19. The lowest BCUT2D eigenvalue weighted by molar-refractivity contribution is 1.20. The van der Waals surface area contributed by atoms with Crippen molar-refractivity contribution in [2.45, 2.75) is 6.42 Å². The molecule has 1 aromatic heterocycles. The summed E-state index contributed by atoms with van der Waals surface area (Å²) < 4.78 is 0. The summed E-state index contributed by atoms with van der Waals surface area (Å²) in [7, 11) is 0. The van der Waals surface area contributed by atoms with E-state index in [1.165, 1.54) is 0 Å². The van der Waals surface area contributed by atoms with Crippen LogP contribution in [0, 0.1) is 11.3 Å². The summed E-state index contributed by atoms with van der Waals surface area (Å²) in [5, 5.41) is 11.5. The molecule has 0 radical (unpaired) electrons. The first-order valence-corrected chi connectivity index (χ1v) is 9.74. The fourth-order valence-corrected chi connectivity index (χ4v) is 3.86. The van der Waals surface area contributed by atoms with Crippen molar-refractivity contribution in [3.63, 3.8) is 0 Å². The monoisotopic (exact) mass is 474 g/mol. The first-order valence-electron chi connectivity index (χ1n) is 7.47. The fourth-order valence-electron chi connectivity index (χ4n) is 2.57. The van der Waals surface area contributed by atoms with Gasteiger partial charge in [0.2, 0.25) is 0 Å². The number of halogens is 6. The van der Waals surface area contributed by atoms with Crippen LogP contribution in [0.1, 0.15) is 5.56 Å². The second kappa shape index (κ2) is 8.45. The first-order chi connectivity index (χ1) is 12.8. The molecule has 0 saturated carbocycles. The third-order valence-electron chi connectivity index (χ3n) is 3.82. The van der Waals surface area contributed by atoms with Crippen molar-refractivity contribution >= 4 is 69.6 Å². The smallest absolute Gasteiger partial charge is 0.0760 e. The molecule has 0 bridgehead atoms. The molecule has 0 unspecified atom stereocenters. The van der Waals surface area contributed by atoms with Crippen LogP contribution in [-0.2, 0) is 6.42 Å². The zero-order valence-electron chi connectivity index (χ0n) is 13.3. The molecule has 0 aliphatic heterocycles. The predicted molar refractivity (Wildman–Crippen MR) is 114 cm³/mol. The molecule has 3 aromatic rings. The minimum absolute atomic E-state index is 0.117. The Hall–Kier alpha value is -1.18. The average molecular weight is 477 g/mol. The molecule has 27 heavy (non-hydrogen) atoms. The molecule has 0 spiro atoms. The molecule has 0 aliphatic rings. The lowest BCUT2D eigenvalue weighted by atomic mass is 9.99. The van der Waals surface area contributed by atoms with Gasteiger partial charge >= 0.3 is 0 Å². The number of benzene rings is 2. The van der Waals surface area contributed by atoms with Crippen molar-refractivity contribution in [1.82, 2.24) is 4.98 Å². The fraction of sp³-hybridized carbons (Fsp3) is 0.0526. The highest BCUT2D eigenvalue weighted by atomic mass is 35.5. The number of aromatic nitrogens is 1. The van der Waals surface area contributed by atoms with Gasteiger partial charge in [-0.2, -0.15) is 5.26 Å². The number of hydrogen-bond donors (Lipinski definition) is 0. The largest absolute Gasteiger partial charge is 0.255 e. The van der Waals surface area contributed by atoms with E-state index < -0.39 is 0 Å². The van der Waals surface area contributed by atoms with E-state index in [1.54, 1.807) is 30.5 Å². The van der Waals surface area contributed by atoms with Crippen molar-refractivity contribution in [3.8, 4) is 28.5 Å². The van der Waals surface area contributed by atoms with Crippen molar-refractivity contribution in [2.75, 3.05) is 0 Å². The zero-order valence-corrected chi connectivity index (χ0v) is 17.9. The quantitative estimate of drug-likeness (QED) is 0.356.